The molecule has 0 aromatic heterocycles. The minimum absolute atomic E-state index is 0.0128. The molecule has 2 aromatic rings. The second-order valence-electron chi connectivity index (χ2n) is 6.16. The van der Waals surface area contributed by atoms with E-state index in [9.17, 15) is 14.4 Å². The molecule has 0 saturated heterocycles. The number of nitrogens with one attached hydrogen (secondary N) is 1. The fraction of sp³-hybridized carbons (Fsp3) is 0.250. The lowest BCUT2D eigenvalue weighted by molar-refractivity contribution is -0.121. The monoisotopic (exact) mass is 446 g/mol. The summed E-state index contributed by atoms with van der Waals surface area (Å²) < 4.78 is 11.2. The number of methoxy groups -OCH3 is 2. The van der Waals surface area contributed by atoms with Crippen molar-refractivity contribution in [2.24, 2.45) is 0 Å². The van der Waals surface area contributed by atoms with Crippen LogP contribution in [0.15, 0.2) is 40.9 Å². The number of carbonyl (C=O) groups is 3. The van der Waals surface area contributed by atoms with Gasteiger partial charge in [-0.2, -0.15) is 0 Å². The summed E-state index contributed by atoms with van der Waals surface area (Å²) in [5.41, 5.74) is 1.47. The number of halogens is 1. The molecular weight excluding hydrogens is 428 g/mol. The van der Waals surface area contributed by atoms with Crippen LogP contribution in [-0.2, 0) is 11.3 Å². The molecule has 1 aliphatic heterocycles. The van der Waals surface area contributed by atoms with Crippen molar-refractivity contribution in [1.82, 2.24) is 10.2 Å². The molecule has 0 unspecified atom stereocenters. The van der Waals surface area contributed by atoms with Crippen LogP contribution in [0.2, 0.25) is 0 Å². The number of nitrogens with zero attached hydrogens (tertiary/aromatic N) is 1. The summed E-state index contributed by atoms with van der Waals surface area (Å²) in [6.07, 6.45) is 0.0128. The van der Waals surface area contributed by atoms with Gasteiger partial charge in [0, 0.05) is 29.5 Å². The van der Waals surface area contributed by atoms with Crippen LogP contribution in [0.25, 0.3) is 0 Å². The Hall–Kier alpha value is -2.87. The summed E-state index contributed by atoms with van der Waals surface area (Å²) in [7, 11) is 3.11. The Morgan fingerprint density at radius 2 is 1.79 bits per heavy atom. The molecule has 0 fully saturated rings. The molecule has 1 aliphatic rings. The predicted octanol–water partition coefficient (Wildman–Crippen LogP) is 2.77. The highest BCUT2D eigenvalue weighted by Crippen LogP contribution is 2.26. The van der Waals surface area contributed by atoms with Gasteiger partial charge in [0.1, 0.15) is 11.5 Å². The largest absolute Gasteiger partial charge is 0.497 e. The van der Waals surface area contributed by atoms with E-state index in [2.05, 4.69) is 21.2 Å². The van der Waals surface area contributed by atoms with Gasteiger partial charge in [0.25, 0.3) is 11.8 Å². The van der Waals surface area contributed by atoms with E-state index in [1.165, 1.54) is 0 Å². The van der Waals surface area contributed by atoms with Crippen molar-refractivity contribution in [3.05, 3.63) is 57.6 Å². The van der Waals surface area contributed by atoms with Crippen LogP contribution in [0.1, 0.15) is 32.7 Å². The van der Waals surface area contributed by atoms with E-state index in [4.69, 9.17) is 9.47 Å². The molecule has 1 heterocycles. The first-order valence-electron chi connectivity index (χ1n) is 8.58. The highest BCUT2D eigenvalue weighted by Gasteiger charge is 2.35. The minimum atomic E-state index is -0.386. The van der Waals surface area contributed by atoms with Crippen LogP contribution in [0.4, 0.5) is 0 Å². The lowest BCUT2D eigenvalue weighted by Crippen LogP contribution is -2.34. The summed E-state index contributed by atoms with van der Waals surface area (Å²) in [4.78, 5) is 38.1. The molecule has 1 N–H and O–H groups in total. The van der Waals surface area contributed by atoms with Crippen molar-refractivity contribution in [2.75, 3.05) is 20.8 Å². The van der Waals surface area contributed by atoms with Crippen molar-refractivity contribution in [3.63, 3.8) is 0 Å². The molecule has 0 atom stereocenters. The molecule has 7 nitrogen and oxygen atoms in total. The van der Waals surface area contributed by atoms with Gasteiger partial charge in [-0.1, -0.05) is 15.9 Å². The third-order valence-electron chi connectivity index (χ3n) is 4.46. The lowest BCUT2D eigenvalue weighted by atomic mass is 10.1. The predicted molar refractivity (Wildman–Crippen MR) is 106 cm³/mol. The number of fused-ring (bicyclic) bond motifs is 1. The average Bonchev–Trinajstić information content (AvgIpc) is 2.94. The Bertz CT molecular complexity index is 944. The van der Waals surface area contributed by atoms with E-state index in [0.29, 0.717) is 22.6 Å². The van der Waals surface area contributed by atoms with Crippen LogP contribution in [-0.4, -0.2) is 43.4 Å². The zero-order valence-electron chi connectivity index (χ0n) is 15.5. The molecule has 8 heteroatoms. The van der Waals surface area contributed by atoms with E-state index in [1.54, 1.807) is 50.6 Å². The summed E-state index contributed by atoms with van der Waals surface area (Å²) in [6.45, 7) is 0.263. The van der Waals surface area contributed by atoms with Crippen LogP contribution in [0.5, 0.6) is 11.5 Å². The van der Waals surface area contributed by atoms with E-state index in [0.717, 1.165) is 14.9 Å². The smallest absolute Gasteiger partial charge is 0.261 e. The molecule has 0 aliphatic carbocycles. The number of rotatable bonds is 7. The van der Waals surface area contributed by atoms with Crippen molar-refractivity contribution in [2.45, 2.75) is 13.0 Å². The maximum Gasteiger partial charge on any atom is 0.261 e. The topological polar surface area (TPSA) is 84.9 Å². The summed E-state index contributed by atoms with van der Waals surface area (Å²) >= 11 is 3.29. The zero-order valence-corrected chi connectivity index (χ0v) is 17.0. The minimum Gasteiger partial charge on any atom is -0.497 e. The second-order valence-corrected chi connectivity index (χ2v) is 7.07. The third kappa shape index (κ3) is 4.01. The van der Waals surface area contributed by atoms with E-state index in [1.807, 2.05) is 0 Å². The van der Waals surface area contributed by atoms with Gasteiger partial charge in [0.15, 0.2) is 0 Å². The SMILES string of the molecule is COc1ccc(OC)c(CNC(=O)CCN2C(=O)c3ccc(Br)cc3C2=O)c1. The Labute approximate surface area is 170 Å². The fourth-order valence-corrected chi connectivity index (χ4v) is 3.34. The van der Waals surface area contributed by atoms with Gasteiger partial charge in [0.2, 0.25) is 5.91 Å². The van der Waals surface area contributed by atoms with E-state index in [-0.39, 0.29) is 37.2 Å². The van der Waals surface area contributed by atoms with Gasteiger partial charge in [-0.05, 0) is 36.4 Å². The van der Waals surface area contributed by atoms with Gasteiger partial charge in [0.05, 0.1) is 25.3 Å². The fourth-order valence-electron chi connectivity index (χ4n) is 2.98. The summed E-state index contributed by atoms with van der Waals surface area (Å²) in [6, 6.07) is 10.2. The van der Waals surface area contributed by atoms with Gasteiger partial charge in [-0.15, -0.1) is 0 Å². The lowest BCUT2D eigenvalue weighted by Gasteiger charge is -2.14. The summed E-state index contributed by atoms with van der Waals surface area (Å²) in [5, 5.41) is 2.78. The zero-order chi connectivity index (χ0) is 20.3. The molecule has 2 aromatic carbocycles. The number of ether oxygens (including phenoxy) is 2. The first-order valence-corrected chi connectivity index (χ1v) is 9.37. The molecule has 146 valence electrons. The van der Waals surface area contributed by atoms with E-state index >= 15 is 0 Å². The standard InChI is InChI=1S/C20H19BrN2O5/c1-27-14-4-6-17(28-2)12(9-14)11-22-18(24)7-8-23-19(25)15-5-3-13(21)10-16(15)20(23)26/h3-6,9-10H,7-8,11H2,1-2H3,(H,22,24). The Balaban J connectivity index is 1.58. The van der Waals surface area contributed by atoms with Gasteiger partial charge < -0.3 is 14.8 Å². The number of imide groups is 1. The number of amides is 3. The van der Waals surface area contributed by atoms with Crippen LogP contribution < -0.4 is 14.8 Å². The van der Waals surface area contributed by atoms with Gasteiger partial charge >= 0.3 is 0 Å². The highest BCUT2D eigenvalue weighted by molar-refractivity contribution is 9.10. The first kappa shape index (κ1) is 19.9. The van der Waals surface area contributed by atoms with Crippen molar-refractivity contribution >= 4 is 33.7 Å². The molecule has 28 heavy (non-hydrogen) atoms. The van der Waals surface area contributed by atoms with Crippen LogP contribution >= 0.6 is 15.9 Å². The maximum absolute atomic E-state index is 12.4. The van der Waals surface area contributed by atoms with Crippen LogP contribution in [0, 0.1) is 0 Å². The Morgan fingerprint density at radius 1 is 1.04 bits per heavy atom. The molecular formula is C20H19BrN2O5. The number of hydrogen-bond donors (Lipinski definition) is 1. The van der Waals surface area contributed by atoms with Crippen molar-refractivity contribution in [3.8, 4) is 11.5 Å². The Morgan fingerprint density at radius 3 is 2.50 bits per heavy atom. The van der Waals surface area contributed by atoms with Crippen molar-refractivity contribution < 1.29 is 23.9 Å². The molecule has 0 bridgehead atoms. The summed E-state index contributed by atoms with van der Waals surface area (Å²) in [5.74, 6) is 0.246. The van der Waals surface area contributed by atoms with Crippen LogP contribution in [0.3, 0.4) is 0 Å². The average molecular weight is 447 g/mol. The number of carbonyl (C=O) groups excluding carboxylic acids is 3. The highest BCUT2D eigenvalue weighted by atomic mass is 79.9. The molecule has 3 amide bonds. The van der Waals surface area contributed by atoms with Crippen molar-refractivity contribution in [1.29, 1.82) is 0 Å². The Kier molecular flexibility index (Phi) is 5.99. The normalized spacial score (nSPS) is 12.8. The quantitative estimate of drug-likeness (QED) is 0.660. The molecule has 0 saturated carbocycles. The third-order valence-corrected chi connectivity index (χ3v) is 4.95. The maximum atomic E-state index is 12.4. The number of hydrogen-bond acceptors (Lipinski definition) is 5. The number of benzene rings is 2. The van der Waals surface area contributed by atoms with Gasteiger partial charge in [-0.25, -0.2) is 0 Å². The first-order chi connectivity index (χ1) is 13.4. The van der Waals surface area contributed by atoms with Gasteiger partial charge in [-0.3, -0.25) is 19.3 Å². The molecule has 3 rings (SSSR count). The van der Waals surface area contributed by atoms with E-state index < -0.39 is 0 Å². The molecule has 0 radical (unpaired) electrons. The molecule has 0 spiro atoms. The second kappa shape index (κ2) is 8.43.